The van der Waals surface area contributed by atoms with Crippen LogP contribution in [-0.4, -0.2) is 51.7 Å². The van der Waals surface area contributed by atoms with Crippen LogP contribution in [0.5, 0.6) is 0 Å². The van der Waals surface area contributed by atoms with E-state index in [-0.39, 0.29) is 18.2 Å². The topological polar surface area (TPSA) is 58.6 Å². The molecule has 2 fully saturated rings. The molecular weight excluding hydrogens is 304 g/mol. The number of carbonyl (C=O) groups is 1. The number of hydrogen-bond donors (Lipinski definition) is 0. The van der Waals surface area contributed by atoms with Crippen molar-refractivity contribution < 1.29 is 9.53 Å². The quantitative estimate of drug-likeness (QED) is 0.795. The Morgan fingerprint density at radius 2 is 1.91 bits per heavy atom. The van der Waals surface area contributed by atoms with Crippen LogP contribution in [0.4, 0.5) is 10.6 Å². The molecule has 0 radical (unpaired) electrons. The Kier molecular flexibility index (Phi) is 3.89. The third-order valence-electron chi connectivity index (χ3n) is 4.00. The van der Waals surface area contributed by atoms with Gasteiger partial charge in [0.05, 0.1) is 24.5 Å². The molecule has 0 aliphatic carbocycles. The normalized spacial score (nSPS) is 24.5. The molecule has 2 atom stereocenters. The van der Waals surface area contributed by atoms with Crippen molar-refractivity contribution in [3.05, 3.63) is 17.5 Å². The Hall–Kier alpha value is -1.56. The standard InChI is InChI=1S/C15H21ClN4O2/c1-15(2,3)22-14(21)20-10-4-5-11(20)9-19(8-10)13-7-17-6-12(16)18-13/h6-7,10-11H,4-5,8-9H2,1-3H3/t10-,11+. The number of anilines is 1. The number of ether oxygens (including phenoxy) is 1. The Labute approximate surface area is 135 Å². The van der Waals surface area contributed by atoms with Gasteiger partial charge in [-0.3, -0.25) is 9.88 Å². The lowest BCUT2D eigenvalue weighted by Crippen LogP contribution is -2.57. The zero-order valence-corrected chi connectivity index (χ0v) is 13.9. The van der Waals surface area contributed by atoms with Gasteiger partial charge in [-0.1, -0.05) is 11.6 Å². The van der Waals surface area contributed by atoms with Crippen LogP contribution >= 0.6 is 11.6 Å². The van der Waals surface area contributed by atoms with Crippen LogP contribution in [0.1, 0.15) is 33.6 Å². The second kappa shape index (κ2) is 5.57. The van der Waals surface area contributed by atoms with Crippen molar-refractivity contribution in [2.45, 2.75) is 51.3 Å². The summed E-state index contributed by atoms with van der Waals surface area (Å²) in [4.78, 5) is 24.9. The first-order valence-corrected chi connectivity index (χ1v) is 7.95. The minimum absolute atomic E-state index is 0.161. The van der Waals surface area contributed by atoms with E-state index in [2.05, 4.69) is 14.9 Å². The molecule has 2 bridgehead atoms. The second-order valence-corrected chi connectivity index (χ2v) is 7.26. The molecule has 0 spiro atoms. The molecule has 22 heavy (non-hydrogen) atoms. The third kappa shape index (κ3) is 3.11. The van der Waals surface area contributed by atoms with E-state index in [9.17, 15) is 4.79 Å². The van der Waals surface area contributed by atoms with Gasteiger partial charge >= 0.3 is 6.09 Å². The van der Waals surface area contributed by atoms with Crippen molar-refractivity contribution in [2.24, 2.45) is 0 Å². The van der Waals surface area contributed by atoms with Gasteiger partial charge in [-0.15, -0.1) is 0 Å². The molecule has 3 rings (SSSR count). The van der Waals surface area contributed by atoms with E-state index in [0.717, 1.165) is 31.7 Å². The summed E-state index contributed by atoms with van der Waals surface area (Å²) in [6.07, 6.45) is 5.02. The molecule has 3 heterocycles. The molecule has 0 unspecified atom stereocenters. The maximum atomic E-state index is 12.4. The van der Waals surface area contributed by atoms with Crippen molar-refractivity contribution in [3.8, 4) is 0 Å². The number of hydrogen-bond acceptors (Lipinski definition) is 5. The van der Waals surface area contributed by atoms with Crippen molar-refractivity contribution in [1.29, 1.82) is 0 Å². The number of piperazine rings is 1. The first-order valence-electron chi connectivity index (χ1n) is 7.57. The fraction of sp³-hybridized carbons (Fsp3) is 0.667. The predicted octanol–water partition coefficient (Wildman–Crippen LogP) is 2.72. The van der Waals surface area contributed by atoms with Crippen molar-refractivity contribution >= 4 is 23.5 Å². The summed E-state index contributed by atoms with van der Waals surface area (Å²) in [5.41, 5.74) is -0.466. The summed E-state index contributed by atoms with van der Waals surface area (Å²) in [7, 11) is 0. The van der Waals surface area contributed by atoms with Crippen LogP contribution in [0.25, 0.3) is 0 Å². The number of carbonyl (C=O) groups excluding carboxylic acids is 1. The summed E-state index contributed by atoms with van der Waals surface area (Å²) in [6.45, 7) is 7.16. The van der Waals surface area contributed by atoms with E-state index in [4.69, 9.17) is 16.3 Å². The number of halogens is 1. The first-order chi connectivity index (χ1) is 10.3. The summed E-state index contributed by atoms with van der Waals surface area (Å²) in [6, 6.07) is 0.323. The van der Waals surface area contributed by atoms with Crippen LogP contribution in [-0.2, 0) is 4.74 Å². The van der Waals surface area contributed by atoms with Crippen molar-refractivity contribution in [2.75, 3.05) is 18.0 Å². The highest BCUT2D eigenvalue weighted by Gasteiger charge is 2.44. The smallest absolute Gasteiger partial charge is 0.410 e. The van der Waals surface area contributed by atoms with Crippen molar-refractivity contribution in [1.82, 2.24) is 14.9 Å². The Balaban J connectivity index is 1.73. The highest BCUT2D eigenvalue weighted by atomic mass is 35.5. The number of fused-ring (bicyclic) bond motifs is 2. The number of aromatic nitrogens is 2. The second-order valence-electron chi connectivity index (χ2n) is 6.88. The van der Waals surface area contributed by atoms with Crippen LogP contribution < -0.4 is 4.90 Å². The lowest BCUT2D eigenvalue weighted by molar-refractivity contribution is 0.0122. The lowest BCUT2D eigenvalue weighted by atomic mass is 10.2. The molecule has 6 nitrogen and oxygen atoms in total. The molecule has 2 saturated heterocycles. The maximum absolute atomic E-state index is 12.4. The predicted molar refractivity (Wildman–Crippen MR) is 84.1 cm³/mol. The number of amides is 1. The van der Waals surface area contributed by atoms with Crippen LogP contribution in [0.3, 0.4) is 0 Å². The highest BCUT2D eigenvalue weighted by molar-refractivity contribution is 6.29. The van der Waals surface area contributed by atoms with Crippen LogP contribution in [0, 0.1) is 0 Å². The minimum Gasteiger partial charge on any atom is -0.444 e. The van der Waals surface area contributed by atoms with Gasteiger partial charge in [0.25, 0.3) is 0 Å². The minimum atomic E-state index is -0.466. The molecule has 0 aromatic carbocycles. The Morgan fingerprint density at radius 1 is 1.27 bits per heavy atom. The summed E-state index contributed by atoms with van der Waals surface area (Å²) >= 11 is 5.92. The fourth-order valence-corrected chi connectivity index (χ4v) is 3.33. The van der Waals surface area contributed by atoms with Gasteiger partial charge in [0.2, 0.25) is 0 Å². The van der Waals surface area contributed by atoms with Gasteiger partial charge in [0, 0.05) is 13.1 Å². The monoisotopic (exact) mass is 324 g/mol. The van der Waals surface area contributed by atoms with Gasteiger partial charge in [-0.25, -0.2) is 9.78 Å². The van der Waals surface area contributed by atoms with Crippen LogP contribution in [0.2, 0.25) is 5.15 Å². The molecule has 2 aliphatic rings. The van der Waals surface area contributed by atoms with E-state index < -0.39 is 5.60 Å². The van der Waals surface area contributed by atoms with Gasteiger partial charge < -0.3 is 9.64 Å². The Morgan fingerprint density at radius 3 is 2.45 bits per heavy atom. The first kappa shape index (κ1) is 15.3. The summed E-state index contributed by atoms with van der Waals surface area (Å²) in [5, 5.41) is 0.388. The van der Waals surface area contributed by atoms with Gasteiger partial charge in [0.15, 0.2) is 0 Å². The highest BCUT2D eigenvalue weighted by Crippen LogP contribution is 2.33. The summed E-state index contributed by atoms with van der Waals surface area (Å²) < 4.78 is 5.54. The largest absolute Gasteiger partial charge is 0.444 e. The zero-order valence-electron chi connectivity index (χ0n) is 13.1. The molecular formula is C15H21ClN4O2. The molecule has 0 saturated carbocycles. The summed E-state index contributed by atoms with van der Waals surface area (Å²) in [5.74, 6) is 0.772. The van der Waals surface area contributed by atoms with Gasteiger partial charge in [-0.05, 0) is 33.6 Å². The van der Waals surface area contributed by atoms with Crippen LogP contribution in [0.15, 0.2) is 12.4 Å². The number of nitrogens with zero attached hydrogens (tertiary/aromatic N) is 4. The van der Waals surface area contributed by atoms with Gasteiger partial charge in [0.1, 0.15) is 16.6 Å². The molecule has 1 aromatic rings. The van der Waals surface area contributed by atoms with Crippen molar-refractivity contribution in [3.63, 3.8) is 0 Å². The van der Waals surface area contributed by atoms with E-state index in [1.165, 1.54) is 6.20 Å². The molecule has 1 aromatic heterocycles. The molecule has 0 N–H and O–H groups in total. The Bertz CT molecular complexity index is 561. The van der Waals surface area contributed by atoms with E-state index in [1.54, 1.807) is 6.20 Å². The molecule has 7 heteroatoms. The third-order valence-corrected chi connectivity index (χ3v) is 4.19. The SMILES string of the molecule is CC(C)(C)OC(=O)N1[C@@H]2CC[C@H]1CN(c1cncc(Cl)n1)C2. The van der Waals surface area contributed by atoms with Gasteiger partial charge in [-0.2, -0.15) is 0 Å². The molecule has 1 amide bonds. The number of rotatable bonds is 1. The fourth-order valence-electron chi connectivity index (χ4n) is 3.19. The molecule has 120 valence electrons. The molecule has 2 aliphatic heterocycles. The zero-order chi connectivity index (χ0) is 15.9. The average Bonchev–Trinajstić information content (AvgIpc) is 2.68. The van der Waals surface area contributed by atoms with E-state index >= 15 is 0 Å². The van der Waals surface area contributed by atoms with E-state index in [0.29, 0.717) is 5.15 Å². The van der Waals surface area contributed by atoms with E-state index in [1.807, 2.05) is 25.7 Å². The maximum Gasteiger partial charge on any atom is 0.410 e. The average molecular weight is 325 g/mol. The lowest BCUT2D eigenvalue weighted by Gasteiger charge is -2.41.